The molecule has 0 unspecified atom stereocenters. The molecule has 1 aromatic carbocycles. The van der Waals surface area contributed by atoms with E-state index in [2.05, 4.69) is 10.3 Å². The molecule has 0 aliphatic rings. The summed E-state index contributed by atoms with van der Waals surface area (Å²) < 4.78 is 53.4. The Hall–Kier alpha value is -2.05. The van der Waals surface area contributed by atoms with Gasteiger partial charge in [0.1, 0.15) is 5.82 Å². The van der Waals surface area contributed by atoms with Gasteiger partial charge in [0.2, 0.25) is 5.95 Å². The van der Waals surface area contributed by atoms with E-state index < -0.39 is 17.6 Å². The molecule has 2 rings (SSSR count). The molecule has 0 saturated carbocycles. The van der Waals surface area contributed by atoms with Crippen LogP contribution in [0.4, 0.5) is 29.2 Å². The summed E-state index contributed by atoms with van der Waals surface area (Å²) in [5.74, 6) is -0.130. The minimum absolute atomic E-state index is 0.249. The Bertz CT molecular complexity index is 617. The van der Waals surface area contributed by atoms with Gasteiger partial charge in [-0.3, -0.25) is 0 Å². The van der Waals surface area contributed by atoms with Gasteiger partial charge in [0.05, 0.1) is 11.3 Å². The zero-order chi connectivity index (χ0) is 15.6. The van der Waals surface area contributed by atoms with Gasteiger partial charge in [0.25, 0.3) is 0 Å². The molecule has 0 saturated heterocycles. The monoisotopic (exact) mass is 301 g/mol. The van der Waals surface area contributed by atoms with Crippen LogP contribution in [0.2, 0.25) is 0 Å². The first-order chi connectivity index (χ1) is 9.77. The minimum Gasteiger partial charge on any atom is -0.323 e. The molecule has 1 N–H and O–H groups in total. The van der Waals surface area contributed by atoms with Crippen molar-refractivity contribution in [3.8, 4) is 0 Å². The minimum atomic E-state index is -4.52. The fraction of sp³-hybridized carbons (Fsp3) is 0.357. The van der Waals surface area contributed by atoms with Crippen LogP contribution < -0.4 is 5.32 Å². The van der Waals surface area contributed by atoms with E-state index in [9.17, 15) is 17.6 Å². The second-order valence-corrected chi connectivity index (χ2v) is 5.11. The van der Waals surface area contributed by atoms with E-state index in [-0.39, 0.29) is 5.69 Å². The van der Waals surface area contributed by atoms with Crippen LogP contribution in [0.3, 0.4) is 0 Å². The SMILES string of the molecule is CC(C)Cn1ccnc1Nc1cc(C(F)(F)F)ccc1F. The number of rotatable bonds is 4. The zero-order valence-electron chi connectivity index (χ0n) is 11.6. The van der Waals surface area contributed by atoms with Gasteiger partial charge in [-0.1, -0.05) is 13.8 Å². The van der Waals surface area contributed by atoms with Crippen LogP contribution in [0.15, 0.2) is 30.6 Å². The van der Waals surface area contributed by atoms with Crippen molar-refractivity contribution in [1.29, 1.82) is 0 Å². The lowest BCUT2D eigenvalue weighted by molar-refractivity contribution is -0.137. The van der Waals surface area contributed by atoms with E-state index in [4.69, 9.17) is 0 Å². The molecule has 21 heavy (non-hydrogen) atoms. The summed E-state index contributed by atoms with van der Waals surface area (Å²) in [5.41, 5.74) is -1.16. The fourth-order valence-electron chi connectivity index (χ4n) is 1.89. The number of hydrogen-bond donors (Lipinski definition) is 1. The lowest BCUT2D eigenvalue weighted by Crippen LogP contribution is -2.10. The zero-order valence-corrected chi connectivity index (χ0v) is 11.6. The number of aromatic nitrogens is 2. The van der Waals surface area contributed by atoms with Gasteiger partial charge in [0.15, 0.2) is 0 Å². The maximum atomic E-state index is 13.7. The van der Waals surface area contributed by atoms with E-state index in [0.717, 1.165) is 12.1 Å². The van der Waals surface area contributed by atoms with Crippen LogP contribution in [-0.4, -0.2) is 9.55 Å². The predicted octanol–water partition coefficient (Wildman–Crippen LogP) is 4.44. The van der Waals surface area contributed by atoms with Crippen LogP contribution in [0.1, 0.15) is 19.4 Å². The average Bonchev–Trinajstić information content (AvgIpc) is 2.77. The molecule has 7 heteroatoms. The van der Waals surface area contributed by atoms with Gasteiger partial charge in [0, 0.05) is 18.9 Å². The second-order valence-electron chi connectivity index (χ2n) is 5.11. The summed E-state index contributed by atoms with van der Waals surface area (Å²) in [7, 11) is 0. The molecule has 0 bridgehead atoms. The van der Waals surface area contributed by atoms with E-state index in [1.807, 2.05) is 13.8 Å². The number of benzene rings is 1. The maximum Gasteiger partial charge on any atom is 0.416 e. The number of hydrogen-bond acceptors (Lipinski definition) is 2. The van der Waals surface area contributed by atoms with Crippen LogP contribution in [-0.2, 0) is 12.7 Å². The average molecular weight is 301 g/mol. The van der Waals surface area contributed by atoms with Crippen molar-refractivity contribution in [2.75, 3.05) is 5.32 Å². The van der Waals surface area contributed by atoms with E-state index in [0.29, 0.717) is 24.5 Å². The summed E-state index contributed by atoms with van der Waals surface area (Å²) in [6.45, 7) is 4.62. The Balaban J connectivity index is 2.29. The summed E-state index contributed by atoms with van der Waals surface area (Å²) in [6.07, 6.45) is -1.32. The van der Waals surface area contributed by atoms with Crippen molar-refractivity contribution >= 4 is 11.6 Å². The first-order valence-corrected chi connectivity index (χ1v) is 6.42. The first-order valence-electron chi connectivity index (χ1n) is 6.42. The van der Waals surface area contributed by atoms with E-state index >= 15 is 0 Å². The molecule has 114 valence electrons. The van der Waals surface area contributed by atoms with Crippen LogP contribution >= 0.6 is 0 Å². The third kappa shape index (κ3) is 3.74. The first kappa shape index (κ1) is 15.3. The van der Waals surface area contributed by atoms with Crippen molar-refractivity contribution < 1.29 is 17.6 Å². The van der Waals surface area contributed by atoms with Gasteiger partial charge in [-0.2, -0.15) is 13.2 Å². The van der Waals surface area contributed by atoms with Crippen molar-refractivity contribution in [3.05, 3.63) is 42.0 Å². The standard InChI is InChI=1S/C14H15F4N3/c1-9(2)8-21-6-5-19-13(21)20-12-7-10(14(16,17)18)3-4-11(12)15/h3-7,9H,8H2,1-2H3,(H,19,20). The summed E-state index contributed by atoms with van der Waals surface area (Å²) >= 11 is 0. The third-order valence-corrected chi connectivity index (χ3v) is 2.82. The molecule has 1 heterocycles. The van der Waals surface area contributed by atoms with Gasteiger partial charge in [-0.15, -0.1) is 0 Å². The van der Waals surface area contributed by atoms with Crippen molar-refractivity contribution in [2.45, 2.75) is 26.6 Å². The Morgan fingerprint density at radius 1 is 1.29 bits per heavy atom. The lowest BCUT2D eigenvalue weighted by atomic mass is 10.2. The normalized spacial score (nSPS) is 12.0. The smallest absolute Gasteiger partial charge is 0.323 e. The van der Waals surface area contributed by atoms with Crippen LogP contribution in [0.25, 0.3) is 0 Å². The van der Waals surface area contributed by atoms with Gasteiger partial charge < -0.3 is 9.88 Å². The molecule has 0 atom stereocenters. The van der Waals surface area contributed by atoms with Crippen molar-refractivity contribution in [2.24, 2.45) is 5.92 Å². The molecular formula is C14H15F4N3. The number of halogens is 4. The molecule has 0 fully saturated rings. The summed E-state index contributed by atoms with van der Waals surface area (Å²) in [6, 6.07) is 2.24. The Morgan fingerprint density at radius 3 is 2.62 bits per heavy atom. The number of nitrogens with zero attached hydrogens (tertiary/aromatic N) is 2. The van der Waals surface area contributed by atoms with Crippen molar-refractivity contribution in [1.82, 2.24) is 9.55 Å². The van der Waals surface area contributed by atoms with Crippen LogP contribution in [0.5, 0.6) is 0 Å². The summed E-state index contributed by atoms with van der Waals surface area (Å²) in [4.78, 5) is 4.00. The van der Waals surface area contributed by atoms with E-state index in [1.54, 1.807) is 10.8 Å². The largest absolute Gasteiger partial charge is 0.416 e. The number of alkyl halides is 3. The number of anilines is 2. The highest BCUT2D eigenvalue weighted by atomic mass is 19.4. The van der Waals surface area contributed by atoms with Gasteiger partial charge in [-0.05, 0) is 24.1 Å². The van der Waals surface area contributed by atoms with Crippen molar-refractivity contribution in [3.63, 3.8) is 0 Å². The highest BCUT2D eigenvalue weighted by Crippen LogP contribution is 2.32. The number of nitrogens with one attached hydrogen (secondary N) is 1. The molecule has 0 spiro atoms. The molecule has 0 amide bonds. The predicted molar refractivity (Wildman–Crippen MR) is 71.7 cm³/mol. The second kappa shape index (κ2) is 5.75. The quantitative estimate of drug-likeness (QED) is 0.846. The van der Waals surface area contributed by atoms with Gasteiger partial charge >= 0.3 is 6.18 Å². The van der Waals surface area contributed by atoms with E-state index in [1.165, 1.54) is 6.20 Å². The molecule has 2 aromatic rings. The Kier molecular flexibility index (Phi) is 4.20. The van der Waals surface area contributed by atoms with Crippen LogP contribution in [0, 0.1) is 11.7 Å². The number of imidazole rings is 1. The molecular weight excluding hydrogens is 286 g/mol. The molecule has 3 nitrogen and oxygen atoms in total. The third-order valence-electron chi connectivity index (χ3n) is 2.82. The molecule has 0 aliphatic heterocycles. The summed E-state index contributed by atoms with van der Waals surface area (Å²) in [5, 5.41) is 2.62. The topological polar surface area (TPSA) is 29.9 Å². The maximum absolute atomic E-state index is 13.7. The highest BCUT2D eigenvalue weighted by molar-refractivity contribution is 5.56. The Morgan fingerprint density at radius 2 is 2.00 bits per heavy atom. The molecule has 0 radical (unpaired) electrons. The Labute approximate surface area is 119 Å². The lowest BCUT2D eigenvalue weighted by Gasteiger charge is -2.14. The van der Waals surface area contributed by atoms with Gasteiger partial charge in [-0.25, -0.2) is 9.37 Å². The molecule has 0 aliphatic carbocycles. The fourth-order valence-corrected chi connectivity index (χ4v) is 1.89. The highest BCUT2D eigenvalue weighted by Gasteiger charge is 2.31. The molecule has 1 aromatic heterocycles.